The molecule has 28 heavy (non-hydrogen) atoms. The maximum Gasteiger partial charge on any atom is 0.220 e. The third kappa shape index (κ3) is 6.19. The molecule has 0 aliphatic rings. The van der Waals surface area contributed by atoms with E-state index < -0.39 is 0 Å². The molecule has 0 fully saturated rings. The van der Waals surface area contributed by atoms with Gasteiger partial charge in [0.05, 0.1) is 26.4 Å². The standard InChI is InChI=1S/C23H31NO4/c1-5-20(18-10-12-19(26-4)13-11-18)24-23(25)15-9-17-8-14-21(27-6-2)22(16-17)28-7-3/h8,10-14,16,20H,5-7,9,15H2,1-4H3,(H,24,25)/t20-/m1/s1. The van der Waals surface area contributed by atoms with Crippen molar-refractivity contribution in [3.8, 4) is 17.2 Å². The second-order valence-electron chi connectivity index (χ2n) is 6.45. The molecular formula is C23H31NO4. The van der Waals surface area contributed by atoms with Crippen LogP contribution in [0.2, 0.25) is 0 Å². The van der Waals surface area contributed by atoms with Gasteiger partial charge in [-0.1, -0.05) is 25.1 Å². The fourth-order valence-electron chi connectivity index (χ4n) is 3.03. The molecule has 0 saturated heterocycles. The van der Waals surface area contributed by atoms with Gasteiger partial charge in [0.25, 0.3) is 0 Å². The van der Waals surface area contributed by atoms with Crippen molar-refractivity contribution in [2.45, 2.75) is 46.1 Å². The first-order valence-electron chi connectivity index (χ1n) is 9.93. The first-order chi connectivity index (χ1) is 13.6. The molecule has 0 radical (unpaired) electrons. The van der Waals surface area contributed by atoms with Gasteiger partial charge in [-0.15, -0.1) is 0 Å². The highest BCUT2D eigenvalue weighted by atomic mass is 16.5. The molecule has 0 bridgehead atoms. The minimum absolute atomic E-state index is 0.00211. The average molecular weight is 386 g/mol. The lowest BCUT2D eigenvalue weighted by Gasteiger charge is -2.18. The zero-order valence-corrected chi connectivity index (χ0v) is 17.3. The summed E-state index contributed by atoms with van der Waals surface area (Å²) in [5.74, 6) is 2.31. The van der Waals surface area contributed by atoms with Crippen LogP contribution in [0.1, 0.15) is 50.8 Å². The zero-order valence-electron chi connectivity index (χ0n) is 17.3. The number of amides is 1. The molecule has 5 nitrogen and oxygen atoms in total. The molecule has 0 unspecified atom stereocenters. The van der Waals surface area contributed by atoms with Crippen LogP contribution in [0.15, 0.2) is 42.5 Å². The first-order valence-corrected chi connectivity index (χ1v) is 9.93. The summed E-state index contributed by atoms with van der Waals surface area (Å²) in [5, 5.41) is 3.13. The van der Waals surface area contributed by atoms with E-state index in [9.17, 15) is 4.79 Å². The maximum absolute atomic E-state index is 12.5. The molecule has 0 aliphatic carbocycles. The highest BCUT2D eigenvalue weighted by Gasteiger charge is 2.13. The number of hydrogen-bond donors (Lipinski definition) is 1. The summed E-state index contributed by atoms with van der Waals surface area (Å²) in [4.78, 5) is 12.5. The molecule has 0 heterocycles. The topological polar surface area (TPSA) is 56.8 Å². The highest BCUT2D eigenvalue weighted by Crippen LogP contribution is 2.29. The van der Waals surface area contributed by atoms with Crippen molar-refractivity contribution in [2.24, 2.45) is 0 Å². The molecule has 1 amide bonds. The molecule has 0 aliphatic heterocycles. The summed E-state index contributed by atoms with van der Waals surface area (Å²) < 4.78 is 16.4. The van der Waals surface area contributed by atoms with Gasteiger partial charge in [-0.25, -0.2) is 0 Å². The van der Waals surface area contributed by atoms with Crippen LogP contribution in [-0.2, 0) is 11.2 Å². The SMILES string of the molecule is CCOc1ccc(CCC(=O)N[C@H](CC)c2ccc(OC)cc2)cc1OCC. The number of rotatable bonds is 11. The summed E-state index contributed by atoms with van der Waals surface area (Å²) in [7, 11) is 1.64. The third-order valence-electron chi connectivity index (χ3n) is 4.51. The van der Waals surface area contributed by atoms with Crippen LogP contribution in [0, 0.1) is 0 Å². The second kappa shape index (κ2) is 11.2. The lowest BCUT2D eigenvalue weighted by Crippen LogP contribution is -2.28. The smallest absolute Gasteiger partial charge is 0.220 e. The summed E-state index contributed by atoms with van der Waals surface area (Å²) in [5.41, 5.74) is 2.14. The number of hydrogen-bond acceptors (Lipinski definition) is 4. The number of benzene rings is 2. The van der Waals surface area contributed by atoms with Gasteiger partial charge in [-0.3, -0.25) is 4.79 Å². The number of aryl methyl sites for hydroxylation is 1. The van der Waals surface area contributed by atoms with Crippen LogP contribution >= 0.6 is 0 Å². The Labute approximate surface area is 168 Å². The fraction of sp³-hybridized carbons (Fsp3) is 0.435. The Hall–Kier alpha value is -2.69. The lowest BCUT2D eigenvalue weighted by molar-refractivity contribution is -0.121. The molecule has 2 rings (SSSR count). The predicted molar refractivity (Wildman–Crippen MR) is 111 cm³/mol. The lowest BCUT2D eigenvalue weighted by atomic mass is 10.0. The second-order valence-corrected chi connectivity index (χ2v) is 6.45. The molecular weight excluding hydrogens is 354 g/mol. The van der Waals surface area contributed by atoms with E-state index in [4.69, 9.17) is 14.2 Å². The maximum atomic E-state index is 12.5. The number of ether oxygens (including phenoxy) is 3. The summed E-state index contributed by atoms with van der Waals surface area (Å²) in [6.45, 7) is 7.12. The summed E-state index contributed by atoms with van der Waals surface area (Å²) in [6.07, 6.45) is 1.90. The van der Waals surface area contributed by atoms with Crippen LogP contribution in [0.4, 0.5) is 0 Å². The average Bonchev–Trinajstić information content (AvgIpc) is 2.72. The number of nitrogens with one attached hydrogen (secondary N) is 1. The van der Waals surface area contributed by atoms with E-state index in [1.165, 1.54) is 0 Å². The highest BCUT2D eigenvalue weighted by molar-refractivity contribution is 5.76. The number of carbonyl (C=O) groups is 1. The van der Waals surface area contributed by atoms with Crippen LogP contribution in [-0.4, -0.2) is 26.2 Å². The Morgan fingerprint density at radius 2 is 1.64 bits per heavy atom. The zero-order chi connectivity index (χ0) is 20.4. The van der Waals surface area contributed by atoms with E-state index in [2.05, 4.69) is 12.2 Å². The van der Waals surface area contributed by atoms with Crippen LogP contribution in [0.5, 0.6) is 17.2 Å². The molecule has 152 valence electrons. The van der Waals surface area contributed by atoms with Crippen molar-refractivity contribution in [3.63, 3.8) is 0 Å². The summed E-state index contributed by atoms with van der Waals surface area (Å²) in [6, 6.07) is 13.7. The fourth-order valence-corrected chi connectivity index (χ4v) is 3.03. The van der Waals surface area contributed by atoms with Crippen molar-refractivity contribution >= 4 is 5.91 Å². The predicted octanol–water partition coefficient (Wildman–Crippen LogP) is 4.69. The molecule has 0 saturated carbocycles. The van der Waals surface area contributed by atoms with E-state index >= 15 is 0 Å². The van der Waals surface area contributed by atoms with E-state index in [1.807, 2.05) is 56.3 Å². The van der Waals surface area contributed by atoms with Gasteiger partial charge in [0.2, 0.25) is 5.91 Å². The van der Waals surface area contributed by atoms with Gasteiger partial charge < -0.3 is 19.5 Å². The van der Waals surface area contributed by atoms with Crippen LogP contribution in [0.25, 0.3) is 0 Å². The minimum atomic E-state index is -0.00211. The van der Waals surface area contributed by atoms with Crippen molar-refractivity contribution in [2.75, 3.05) is 20.3 Å². The number of methoxy groups -OCH3 is 1. The van der Waals surface area contributed by atoms with E-state index in [0.29, 0.717) is 26.1 Å². The largest absolute Gasteiger partial charge is 0.497 e. The van der Waals surface area contributed by atoms with Crippen molar-refractivity contribution in [1.82, 2.24) is 5.32 Å². The Kier molecular flexibility index (Phi) is 8.66. The van der Waals surface area contributed by atoms with Crippen molar-refractivity contribution < 1.29 is 19.0 Å². The van der Waals surface area contributed by atoms with Gasteiger partial charge in [0.1, 0.15) is 5.75 Å². The van der Waals surface area contributed by atoms with Gasteiger partial charge in [0.15, 0.2) is 11.5 Å². The molecule has 5 heteroatoms. The molecule has 1 atom stereocenters. The monoisotopic (exact) mass is 385 g/mol. The third-order valence-corrected chi connectivity index (χ3v) is 4.51. The Balaban J connectivity index is 1.95. The normalized spacial score (nSPS) is 11.6. The van der Waals surface area contributed by atoms with E-state index in [1.54, 1.807) is 7.11 Å². The van der Waals surface area contributed by atoms with Crippen molar-refractivity contribution in [3.05, 3.63) is 53.6 Å². The Morgan fingerprint density at radius 3 is 2.25 bits per heavy atom. The minimum Gasteiger partial charge on any atom is -0.497 e. The van der Waals surface area contributed by atoms with Crippen molar-refractivity contribution in [1.29, 1.82) is 0 Å². The molecule has 1 N–H and O–H groups in total. The Bertz CT molecular complexity index is 743. The molecule has 2 aromatic rings. The number of carbonyl (C=O) groups excluding carboxylic acids is 1. The van der Waals surface area contributed by atoms with Crippen LogP contribution < -0.4 is 19.5 Å². The van der Waals surface area contributed by atoms with Gasteiger partial charge >= 0.3 is 0 Å². The Morgan fingerprint density at radius 1 is 0.964 bits per heavy atom. The summed E-state index contributed by atoms with van der Waals surface area (Å²) >= 11 is 0. The van der Waals surface area contributed by atoms with Crippen LogP contribution in [0.3, 0.4) is 0 Å². The molecule has 0 aromatic heterocycles. The van der Waals surface area contributed by atoms with Gasteiger partial charge in [-0.2, -0.15) is 0 Å². The van der Waals surface area contributed by atoms with E-state index in [-0.39, 0.29) is 11.9 Å². The van der Waals surface area contributed by atoms with Gasteiger partial charge in [-0.05, 0) is 62.1 Å². The molecule has 0 spiro atoms. The molecule has 2 aromatic carbocycles. The van der Waals surface area contributed by atoms with E-state index in [0.717, 1.165) is 34.8 Å². The first kappa shape index (κ1) is 21.6. The quantitative estimate of drug-likeness (QED) is 0.609. The van der Waals surface area contributed by atoms with Gasteiger partial charge in [0, 0.05) is 6.42 Å².